The van der Waals surface area contributed by atoms with E-state index in [4.69, 9.17) is 14.9 Å². The number of carbonyl (C=O) groups is 1. The molecule has 1 aliphatic heterocycles. The fourth-order valence-corrected chi connectivity index (χ4v) is 5.15. The number of ether oxygens (including phenoxy) is 1. The van der Waals surface area contributed by atoms with E-state index in [-0.39, 0.29) is 17.2 Å². The monoisotopic (exact) mass is 434 g/mol. The average molecular weight is 435 g/mol. The second-order valence-corrected chi connectivity index (χ2v) is 16.0. The maximum Gasteiger partial charge on any atom is 0.410 e. The number of benzene rings is 1. The Bertz CT molecular complexity index is 709. The first-order valence-electron chi connectivity index (χ1n) is 11.1. The Labute approximate surface area is 184 Å². The first-order valence-corrected chi connectivity index (χ1v) is 14.0. The molecule has 1 amide bonds. The molecule has 0 bridgehead atoms. The number of carbonyl (C=O) groups excluding carboxylic acids is 1. The molecule has 30 heavy (non-hydrogen) atoms. The molecule has 6 heteroatoms. The summed E-state index contributed by atoms with van der Waals surface area (Å²) in [5.74, 6) is 0. The Morgan fingerprint density at radius 1 is 1.17 bits per heavy atom. The van der Waals surface area contributed by atoms with E-state index in [0.717, 1.165) is 19.3 Å². The lowest BCUT2D eigenvalue weighted by molar-refractivity contribution is 0.00706. The molecule has 1 fully saturated rings. The van der Waals surface area contributed by atoms with Crippen LogP contribution < -0.4 is 5.73 Å². The van der Waals surface area contributed by atoms with E-state index in [2.05, 4.69) is 46.0 Å². The number of nitrogens with two attached hydrogens (primary N) is 1. The molecule has 2 rings (SSSR count). The maximum absolute atomic E-state index is 13.2. The second kappa shape index (κ2) is 9.01. The lowest BCUT2D eigenvalue weighted by Crippen LogP contribution is -2.53. The minimum absolute atomic E-state index is 0.0160. The van der Waals surface area contributed by atoms with Crippen LogP contribution in [0.2, 0.25) is 18.1 Å². The summed E-state index contributed by atoms with van der Waals surface area (Å²) in [6.45, 7) is 17.9. The largest absolute Gasteiger partial charge is 0.444 e. The molecule has 1 aromatic rings. The van der Waals surface area contributed by atoms with Crippen LogP contribution in [0.1, 0.15) is 59.9 Å². The predicted octanol–water partition coefficient (Wildman–Crippen LogP) is 5.35. The van der Waals surface area contributed by atoms with Crippen LogP contribution in [0.5, 0.6) is 0 Å². The van der Waals surface area contributed by atoms with Crippen molar-refractivity contribution in [2.45, 2.75) is 96.2 Å². The first-order chi connectivity index (χ1) is 13.7. The zero-order chi connectivity index (χ0) is 22.8. The highest BCUT2D eigenvalue weighted by Crippen LogP contribution is 2.42. The van der Waals surface area contributed by atoms with Crippen molar-refractivity contribution in [3.8, 4) is 0 Å². The Morgan fingerprint density at radius 3 is 2.27 bits per heavy atom. The smallest absolute Gasteiger partial charge is 0.410 e. The fraction of sp³-hybridized carbons (Fsp3) is 0.708. The molecule has 0 saturated carbocycles. The topological polar surface area (TPSA) is 64.8 Å². The van der Waals surface area contributed by atoms with Crippen LogP contribution in [0.25, 0.3) is 0 Å². The maximum atomic E-state index is 13.2. The summed E-state index contributed by atoms with van der Waals surface area (Å²) in [7, 11) is -1.96. The number of hydrogen-bond donors (Lipinski definition) is 1. The molecule has 170 valence electrons. The summed E-state index contributed by atoms with van der Waals surface area (Å²) < 4.78 is 12.5. The van der Waals surface area contributed by atoms with Crippen molar-refractivity contribution in [1.29, 1.82) is 0 Å². The molecule has 0 aromatic heterocycles. The molecule has 2 atom stereocenters. The van der Waals surface area contributed by atoms with E-state index < -0.39 is 19.5 Å². The third kappa shape index (κ3) is 6.08. The molecule has 5 nitrogen and oxygen atoms in total. The zero-order valence-electron chi connectivity index (χ0n) is 20.2. The van der Waals surface area contributed by atoms with Gasteiger partial charge in [0.25, 0.3) is 0 Å². The highest BCUT2D eigenvalue weighted by Gasteiger charge is 2.51. The van der Waals surface area contributed by atoms with Crippen molar-refractivity contribution in [3.05, 3.63) is 35.9 Å². The van der Waals surface area contributed by atoms with Crippen LogP contribution in [-0.4, -0.2) is 49.6 Å². The SMILES string of the molecule is CC(C)(C)OC(=O)N1C[C@@H](O[Si](C)(C)C(C)(C)C)C[C@]1(CN)CCc1ccccc1. The zero-order valence-corrected chi connectivity index (χ0v) is 21.2. The van der Waals surface area contributed by atoms with Gasteiger partial charge in [-0.1, -0.05) is 51.1 Å². The van der Waals surface area contributed by atoms with Gasteiger partial charge < -0.3 is 14.9 Å². The number of hydrogen-bond acceptors (Lipinski definition) is 4. The third-order valence-electron chi connectivity index (χ3n) is 6.55. The molecule has 1 aliphatic rings. The predicted molar refractivity (Wildman–Crippen MR) is 126 cm³/mol. The Balaban J connectivity index is 2.27. The minimum atomic E-state index is -1.96. The molecule has 1 saturated heterocycles. The van der Waals surface area contributed by atoms with Gasteiger partial charge in [0.1, 0.15) is 5.60 Å². The normalized spacial score (nSPS) is 23.0. The van der Waals surface area contributed by atoms with Crippen LogP contribution in [-0.2, 0) is 15.6 Å². The van der Waals surface area contributed by atoms with Crippen LogP contribution in [0, 0.1) is 0 Å². The lowest BCUT2D eigenvalue weighted by atomic mass is 9.88. The molecule has 2 N–H and O–H groups in total. The summed E-state index contributed by atoms with van der Waals surface area (Å²) in [5, 5.41) is 0.113. The third-order valence-corrected chi connectivity index (χ3v) is 11.1. The second-order valence-electron chi connectivity index (χ2n) is 11.2. The quantitative estimate of drug-likeness (QED) is 0.613. The van der Waals surface area contributed by atoms with Gasteiger partial charge in [0.05, 0.1) is 11.6 Å². The molecular weight excluding hydrogens is 392 g/mol. The average Bonchev–Trinajstić information content (AvgIpc) is 2.97. The minimum Gasteiger partial charge on any atom is -0.444 e. The standard InChI is InChI=1S/C24H42N2O3Si/c1-22(2,3)28-21(27)26-17-20(29-30(7,8)23(4,5)6)16-24(26,18-25)15-14-19-12-10-9-11-13-19/h9-13,20H,14-18,25H2,1-8H3/t20-,24-/m0/s1. The van der Waals surface area contributed by atoms with Gasteiger partial charge in [-0.2, -0.15) is 0 Å². The highest BCUT2D eigenvalue weighted by molar-refractivity contribution is 6.74. The van der Waals surface area contributed by atoms with Crippen LogP contribution in [0.4, 0.5) is 4.79 Å². The molecule has 1 heterocycles. The first kappa shape index (κ1) is 24.9. The van der Waals surface area contributed by atoms with Crippen LogP contribution in [0.15, 0.2) is 30.3 Å². The fourth-order valence-electron chi connectivity index (χ4n) is 3.81. The number of aryl methyl sites for hydroxylation is 1. The number of rotatable bonds is 6. The molecular formula is C24H42N2O3Si. The molecule has 1 aromatic carbocycles. The Morgan fingerprint density at radius 2 is 1.77 bits per heavy atom. The molecule has 0 aliphatic carbocycles. The number of amides is 1. The van der Waals surface area contributed by atoms with Gasteiger partial charge in [0, 0.05) is 13.1 Å². The Kier molecular flexibility index (Phi) is 7.48. The molecule has 0 unspecified atom stereocenters. The summed E-state index contributed by atoms with van der Waals surface area (Å²) >= 11 is 0. The van der Waals surface area contributed by atoms with Crippen molar-refractivity contribution in [2.75, 3.05) is 13.1 Å². The summed E-state index contributed by atoms with van der Waals surface area (Å²) in [5.41, 5.74) is 6.60. The van der Waals surface area contributed by atoms with E-state index in [0.29, 0.717) is 13.1 Å². The highest BCUT2D eigenvalue weighted by atomic mass is 28.4. The van der Waals surface area contributed by atoms with Crippen molar-refractivity contribution in [1.82, 2.24) is 4.90 Å². The van der Waals surface area contributed by atoms with Gasteiger partial charge in [-0.25, -0.2) is 4.79 Å². The van der Waals surface area contributed by atoms with Crippen molar-refractivity contribution in [3.63, 3.8) is 0 Å². The van der Waals surface area contributed by atoms with E-state index in [9.17, 15) is 4.79 Å². The van der Waals surface area contributed by atoms with Gasteiger partial charge in [-0.05, 0) is 63.7 Å². The van der Waals surface area contributed by atoms with Crippen molar-refractivity contribution in [2.24, 2.45) is 5.73 Å². The van der Waals surface area contributed by atoms with E-state index in [1.807, 2.05) is 43.9 Å². The molecule has 0 radical (unpaired) electrons. The van der Waals surface area contributed by atoms with Gasteiger partial charge in [-0.3, -0.25) is 4.90 Å². The van der Waals surface area contributed by atoms with Crippen molar-refractivity contribution >= 4 is 14.4 Å². The van der Waals surface area contributed by atoms with Crippen molar-refractivity contribution < 1.29 is 14.0 Å². The molecule has 0 spiro atoms. The van der Waals surface area contributed by atoms with Gasteiger partial charge in [0.15, 0.2) is 8.32 Å². The van der Waals surface area contributed by atoms with Gasteiger partial charge in [-0.15, -0.1) is 0 Å². The summed E-state index contributed by atoms with van der Waals surface area (Å²) in [6, 6.07) is 10.4. The van der Waals surface area contributed by atoms with E-state index in [1.54, 1.807) is 0 Å². The summed E-state index contributed by atoms with van der Waals surface area (Å²) in [6.07, 6.45) is 2.11. The lowest BCUT2D eigenvalue weighted by Gasteiger charge is -2.38. The Hall–Kier alpha value is -1.37. The van der Waals surface area contributed by atoms with Crippen LogP contribution in [0.3, 0.4) is 0 Å². The van der Waals surface area contributed by atoms with E-state index in [1.165, 1.54) is 5.56 Å². The van der Waals surface area contributed by atoms with Gasteiger partial charge in [0.2, 0.25) is 0 Å². The number of likely N-dealkylation sites (tertiary alicyclic amines) is 1. The van der Waals surface area contributed by atoms with Gasteiger partial charge >= 0.3 is 6.09 Å². The van der Waals surface area contributed by atoms with E-state index >= 15 is 0 Å². The summed E-state index contributed by atoms with van der Waals surface area (Å²) in [4.78, 5) is 15.0. The number of nitrogens with zero attached hydrogens (tertiary/aromatic N) is 1. The van der Waals surface area contributed by atoms with Crippen LogP contribution >= 0.6 is 0 Å².